The Bertz CT molecular complexity index is 747. The highest BCUT2D eigenvalue weighted by Crippen LogP contribution is 2.34. The van der Waals surface area contributed by atoms with Crippen LogP contribution in [0.3, 0.4) is 0 Å². The summed E-state index contributed by atoms with van der Waals surface area (Å²) in [6.07, 6.45) is 8.85. The SMILES string of the molecule is Cn1cc(S(=O)(=O)N2CCCCC[C@@H]2c2cccn2C)cn1. The van der Waals surface area contributed by atoms with E-state index in [9.17, 15) is 8.42 Å². The zero-order valence-electron chi connectivity index (χ0n) is 13.0. The lowest BCUT2D eigenvalue weighted by Gasteiger charge is -2.29. The number of rotatable bonds is 3. The first kappa shape index (κ1) is 15.3. The Balaban J connectivity index is 2.02. The van der Waals surface area contributed by atoms with Crippen LogP contribution in [-0.4, -0.2) is 33.6 Å². The average molecular weight is 322 g/mol. The van der Waals surface area contributed by atoms with Crippen molar-refractivity contribution in [3.63, 3.8) is 0 Å². The molecule has 0 saturated carbocycles. The van der Waals surface area contributed by atoms with E-state index in [1.54, 1.807) is 17.5 Å². The number of aromatic nitrogens is 3. The molecule has 7 heteroatoms. The van der Waals surface area contributed by atoms with Gasteiger partial charge in [0, 0.05) is 38.7 Å². The Kier molecular flexibility index (Phi) is 4.10. The van der Waals surface area contributed by atoms with E-state index in [-0.39, 0.29) is 10.9 Å². The summed E-state index contributed by atoms with van der Waals surface area (Å²) in [5.74, 6) is 0. The maximum absolute atomic E-state index is 13.0. The molecule has 2 aromatic rings. The summed E-state index contributed by atoms with van der Waals surface area (Å²) in [6.45, 7) is 0.563. The highest BCUT2D eigenvalue weighted by Gasteiger charge is 2.35. The van der Waals surface area contributed by atoms with Gasteiger partial charge in [0.25, 0.3) is 0 Å². The topological polar surface area (TPSA) is 60.1 Å². The van der Waals surface area contributed by atoms with Crippen LogP contribution in [0, 0.1) is 0 Å². The molecule has 1 aliphatic rings. The smallest absolute Gasteiger partial charge is 0.246 e. The fourth-order valence-electron chi connectivity index (χ4n) is 3.15. The molecule has 0 aliphatic carbocycles. The normalized spacial score (nSPS) is 20.9. The van der Waals surface area contributed by atoms with Gasteiger partial charge in [-0.15, -0.1) is 0 Å². The van der Waals surface area contributed by atoms with Crippen LogP contribution < -0.4 is 0 Å². The Morgan fingerprint density at radius 2 is 2.05 bits per heavy atom. The van der Waals surface area contributed by atoms with Gasteiger partial charge in [-0.2, -0.15) is 9.40 Å². The summed E-state index contributed by atoms with van der Waals surface area (Å²) in [5.41, 5.74) is 1.05. The molecule has 3 rings (SSSR count). The van der Waals surface area contributed by atoms with E-state index in [2.05, 4.69) is 5.10 Å². The summed E-state index contributed by atoms with van der Waals surface area (Å²) in [4.78, 5) is 0.274. The van der Waals surface area contributed by atoms with E-state index in [0.717, 1.165) is 31.4 Å². The minimum atomic E-state index is -3.52. The van der Waals surface area contributed by atoms with Crippen LogP contribution in [0.15, 0.2) is 35.6 Å². The molecule has 6 nitrogen and oxygen atoms in total. The van der Waals surface area contributed by atoms with E-state index in [0.29, 0.717) is 6.54 Å². The van der Waals surface area contributed by atoms with Crippen LogP contribution in [-0.2, 0) is 24.1 Å². The second-order valence-electron chi connectivity index (χ2n) is 5.87. The lowest BCUT2D eigenvalue weighted by molar-refractivity contribution is 0.318. The lowest BCUT2D eigenvalue weighted by atomic mass is 10.1. The average Bonchev–Trinajstić information content (AvgIpc) is 3.01. The fraction of sp³-hybridized carbons (Fsp3) is 0.533. The first-order valence-electron chi connectivity index (χ1n) is 7.62. The van der Waals surface area contributed by atoms with Gasteiger partial charge in [0.1, 0.15) is 4.90 Å². The summed E-state index contributed by atoms with van der Waals surface area (Å²) in [6, 6.07) is 3.88. The molecule has 0 bridgehead atoms. The number of hydrogen-bond donors (Lipinski definition) is 0. The Hall–Kier alpha value is -1.60. The third kappa shape index (κ3) is 2.70. The van der Waals surface area contributed by atoms with Gasteiger partial charge in [-0.3, -0.25) is 4.68 Å². The van der Waals surface area contributed by atoms with Crippen LogP contribution in [0.5, 0.6) is 0 Å². The lowest BCUT2D eigenvalue weighted by Crippen LogP contribution is -2.35. The number of sulfonamides is 1. The molecule has 120 valence electrons. The predicted octanol–water partition coefficient (Wildman–Crippen LogP) is 2.06. The summed E-state index contributed by atoms with van der Waals surface area (Å²) >= 11 is 0. The first-order valence-corrected chi connectivity index (χ1v) is 9.06. The van der Waals surface area contributed by atoms with Gasteiger partial charge in [-0.05, 0) is 25.0 Å². The van der Waals surface area contributed by atoms with E-state index in [1.165, 1.54) is 10.9 Å². The summed E-state index contributed by atoms with van der Waals surface area (Å²) in [5, 5.41) is 4.01. The van der Waals surface area contributed by atoms with Crippen molar-refractivity contribution < 1.29 is 8.42 Å². The standard InChI is InChI=1S/C15H22N4O2S/c1-17-9-6-8-14(17)15-7-4-3-5-10-19(15)22(20,21)13-11-16-18(2)12-13/h6,8-9,11-12,15H,3-5,7,10H2,1-2H3/t15-/m1/s1. The van der Waals surface area contributed by atoms with Gasteiger partial charge in [-0.1, -0.05) is 12.8 Å². The van der Waals surface area contributed by atoms with Crippen LogP contribution >= 0.6 is 0 Å². The van der Waals surface area contributed by atoms with Crippen molar-refractivity contribution in [2.45, 2.75) is 36.6 Å². The van der Waals surface area contributed by atoms with Crippen LogP contribution in [0.2, 0.25) is 0 Å². The second-order valence-corrected chi connectivity index (χ2v) is 7.77. The van der Waals surface area contributed by atoms with Gasteiger partial charge in [0.2, 0.25) is 10.0 Å². The van der Waals surface area contributed by atoms with Crippen molar-refractivity contribution in [2.24, 2.45) is 14.1 Å². The second kappa shape index (κ2) is 5.89. The third-order valence-electron chi connectivity index (χ3n) is 4.32. The molecule has 1 aliphatic heterocycles. The molecule has 3 heterocycles. The quantitative estimate of drug-likeness (QED) is 0.869. The van der Waals surface area contributed by atoms with Crippen molar-refractivity contribution in [3.05, 3.63) is 36.4 Å². The van der Waals surface area contributed by atoms with E-state index in [1.807, 2.05) is 29.9 Å². The molecular weight excluding hydrogens is 300 g/mol. The molecule has 0 spiro atoms. The minimum absolute atomic E-state index is 0.104. The van der Waals surface area contributed by atoms with Gasteiger partial charge in [0.05, 0.1) is 12.2 Å². The van der Waals surface area contributed by atoms with Crippen LogP contribution in [0.1, 0.15) is 37.4 Å². The highest BCUT2D eigenvalue weighted by molar-refractivity contribution is 7.89. The molecule has 0 amide bonds. The largest absolute Gasteiger partial charge is 0.353 e. The Morgan fingerprint density at radius 1 is 1.23 bits per heavy atom. The van der Waals surface area contributed by atoms with Crippen molar-refractivity contribution in [3.8, 4) is 0 Å². The Labute approximate surface area is 131 Å². The van der Waals surface area contributed by atoms with Crippen molar-refractivity contribution >= 4 is 10.0 Å². The fourth-order valence-corrected chi connectivity index (χ4v) is 4.81. The molecule has 22 heavy (non-hydrogen) atoms. The highest BCUT2D eigenvalue weighted by atomic mass is 32.2. The first-order chi connectivity index (χ1) is 10.5. The molecule has 0 aromatic carbocycles. The summed E-state index contributed by atoms with van der Waals surface area (Å²) in [7, 11) is 0.180. The number of aryl methyl sites for hydroxylation is 2. The van der Waals surface area contributed by atoms with Crippen LogP contribution in [0.25, 0.3) is 0 Å². The van der Waals surface area contributed by atoms with Gasteiger partial charge in [-0.25, -0.2) is 8.42 Å². The molecule has 0 unspecified atom stereocenters. The molecule has 1 atom stereocenters. The molecule has 0 radical (unpaired) electrons. The van der Waals surface area contributed by atoms with Crippen molar-refractivity contribution in [2.75, 3.05) is 6.54 Å². The van der Waals surface area contributed by atoms with E-state index < -0.39 is 10.0 Å². The van der Waals surface area contributed by atoms with E-state index in [4.69, 9.17) is 0 Å². The predicted molar refractivity (Wildman–Crippen MR) is 83.7 cm³/mol. The zero-order valence-corrected chi connectivity index (χ0v) is 13.8. The molecule has 2 aromatic heterocycles. The molecule has 1 fully saturated rings. The van der Waals surface area contributed by atoms with Gasteiger partial charge in [0.15, 0.2) is 0 Å². The third-order valence-corrected chi connectivity index (χ3v) is 6.18. The van der Waals surface area contributed by atoms with Gasteiger partial charge < -0.3 is 4.57 Å². The number of nitrogens with zero attached hydrogens (tertiary/aromatic N) is 4. The van der Waals surface area contributed by atoms with Crippen LogP contribution in [0.4, 0.5) is 0 Å². The summed E-state index contributed by atoms with van der Waals surface area (Å²) < 4.78 is 31.3. The van der Waals surface area contributed by atoms with Crippen molar-refractivity contribution in [1.82, 2.24) is 18.7 Å². The maximum atomic E-state index is 13.0. The molecule has 0 N–H and O–H groups in total. The molecular formula is C15H22N4O2S. The molecule has 1 saturated heterocycles. The minimum Gasteiger partial charge on any atom is -0.353 e. The zero-order chi connectivity index (χ0) is 15.7. The van der Waals surface area contributed by atoms with Gasteiger partial charge >= 0.3 is 0 Å². The number of hydrogen-bond acceptors (Lipinski definition) is 3. The Morgan fingerprint density at radius 3 is 2.68 bits per heavy atom. The maximum Gasteiger partial charge on any atom is 0.246 e. The van der Waals surface area contributed by atoms with Crippen molar-refractivity contribution in [1.29, 1.82) is 0 Å². The van der Waals surface area contributed by atoms with E-state index >= 15 is 0 Å². The monoisotopic (exact) mass is 322 g/mol.